The van der Waals surface area contributed by atoms with Gasteiger partial charge in [0.1, 0.15) is 0 Å². The minimum absolute atomic E-state index is 0.0644. The average Bonchev–Trinajstić information content (AvgIpc) is 3.20. The summed E-state index contributed by atoms with van der Waals surface area (Å²) in [5.74, 6) is 1.74. The molecule has 0 amide bonds. The summed E-state index contributed by atoms with van der Waals surface area (Å²) in [5.41, 5.74) is 0. The molecule has 0 saturated heterocycles. The van der Waals surface area contributed by atoms with Gasteiger partial charge < -0.3 is 14.6 Å². The molecule has 0 radical (unpaired) electrons. The van der Waals surface area contributed by atoms with E-state index in [-0.39, 0.29) is 18.0 Å². The second kappa shape index (κ2) is 39.4. The van der Waals surface area contributed by atoms with Gasteiger partial charge in [-0.15, -0.1) is 0 Å². The molecule has 4 unspecified atom stereocenters. The second-order valence-electron chi connectivity index (χ2n) is 18.0. The maximum atomic E-state index is 13.1. The summed E-state index contributed by atoms with van der Waals surface area (Å²) in [6.07, 6.45) is 43.8. The monoisotopic (exact) mass is 790 g/mol. The fraction of sp³-hybridized carbons (Fsp3) is 0.941. The van der Waals surface area contributed by atoms with Gasteiger partial charge in [-0.3, -0.25) is 9.69 Å². The van der Waals surface area contributed by atoms with Crippen LogP contribution in [0.3, 0.4) is 0 Å². The largest absolute Gasteiger partial charge is 0.498 e. The van der Waals surface area contributed by atoms with Gasteiger partial charge in [0.2, 0.25) is 0 Å². The van der Waals surface area contributed by atoms with Gasteiger partial charge in [-0.2, -0.15) is 0 Å². The van der Waals surface area contributed by atoms with Crippen LogP contribution in [0.25, 0.3) is 0 Å². The molecule has 0 heterocycles. The summed E-state index contributed by atoms with van der Waals surface area (Å²) >= 11 is 0. The lowest BCUT2D eigenvalue weighted by Crippen LogP contribution is -2.46. The molecule has 0 aromatic rings. The van der Waals surface area contributed by atoms with Crippen LogP contribution in [0.4, 0.5) is 0 Å². The Kier molecular flexibility index (Phi) is 37.2. The van der Waals surface area contributed by atoms with Crippen LogP contribution >= 0.6 is 0 Å². The van der Waals surface area contributed by atoms with Crippen molar-refractivity contribution >= 4 is 5.97 Å². The number of carbonyl (C=O) groups excluding carboxylic acids is 1. The summed E-state index contributed by atoms with van der Waals surface area (Å²) < 4.78 is 12.2. The Labute approximate surface area is 350 Å². The van der Waals surface area contributed by atoms with Crippen molar-refractivity contribution in [1.29, 1.82) is 0 Å². The first-order valence-corrected chi connectivity index (χ1v) is 25.4. The number of nitrogens with zero attached hydrogens (tertiary/aromatic N) is 1. The Bertz CT molecular complexity index is 805. The number of aliphatic hydroxyl groups excluding tert-OH is 1. The average molecular weight is 790 g/mol. The third-order valence-electron chi connectivity index (χ3n) is 12.8. The zero-order valence-electron chi connectivity index (χ0n) is 38.4. The van der Waals surface area contributed by atoms with Gasteiger partial charge in [-0.05, 0) is 77.3 Å². The van der Waals surface area contributed by atoms with Crippen LogP contribution in [0.15, 0.2) is 12.3 Å². The Morgan fingerprint density at radius 3 is 1.38 bits per heavy atom. The molecule has 1 rings (SSSR count). The van der Waals surface area contributed by atoms with Crippen LogP contribution in [-0.2, 0) is 14.3 Å². The molecule has 0 aromatic heterocycles. The normalized spacial score (nSPS) is 17.0. The van der Waals surface area contributed by atoms with E-state index in [0.717, 1.165) is 103 Å². The van der Waals surface area contributed by atoms with Gasteiger partial charge in [-0.1, -0.05) is 201 Å². The smallest absolute Gasteiger partial charge is 0.308 e. The molecule has 0 aliphatic heterocycles. The molecule has 1 aliphatic rings. The molecule has 1 aliphatic carbocycles. The van der Waals surface area contributed by atoms with Gasteiger partial charge in [0, 0.05) is 12.0 Å². The fourth-order valence-electron chi connectivity index (χ4n) is 8.94. The Hall–Kier alpha value is -1.07. The van der Waals surface area contributed by atoms with Gasteiger partial charge in [0.05, 0.1) is 31.0 Å². The number of esters is 1. The van der Waals surface area contributed by atoms with Gasteiger partial charge in [-0.25, -0.2) is 0 Å². The lowest BCUT2D eigenvalue weighted by Gasteiger charge is -2.38. The van der Waals surface area contributed by atoms with Crippen LogP contribution in [-0.4, -0.2) is 54.4 Å². The van der Waals surface area contributed by atoms with E-state index in [1.807, 2.05) is 0 Å². The van der Waals surface area contributed by atoms with Crippen molar-refractivity contribution < 1.29 is 19.4 Å². The first-order chi connectivity index (χ1) is 27.5. The van der Waals surface area contributed by atoms with Gasteiger partial charge in [0.15, 0.2) is 0 Å². The molecule has 1 N–H and O–H groups in total. The van der Waals surface area contributed by atoms with Crippen molar-refractivity contribution in [3.05, 3.63) is 12.3 Å². The number of hydrogen-bond donors (Lipinski definition) is 1. The molecule has 5 nitrogen and oxygen atoms in total. The quantitative estimate of drug-likeness (QED) is 0.0379. The third kappa shape index (κ3) is 29.2. The van der Waals surface area contributed by atoms with E-state index in [0.29, 0.717) is 18.6 Å². The first-order valence-electron chi connectivity index (χ1n) is 25.4. The standard InChI is InChI=1S/C51H99NO4/c1-6-10-14-18-20-28-37-47(36-26-16-12-8-3)46(5)55-44-34-24-22-32-42-52(49-40-30-31-41-50(49)53)43-33-23-25-35-45-56-51(54)48(38-27-17-13-9-4)39-29-21-19-15-11-7-2/h47-50,53H,5-45H2,1-4H3. The number of carbonyl (C=O) groups is 1. The van der Waals surface area contributed by atoms with Gasteiger partial charge >= 0.3 is 5.97 Å². The Morgan fingerprint density at radius 1 is 0.518 bits per heavy atom. The summed E-state index contributed by atoms with van der Waals surface area (Å²) in [6.45, 7) is 17.1. The molecular weight excluding hydrogens is 691 g/mol. The highest BCUT2D eigenvalue weighted by molar-refractivity contribution is 5.72. The zero-order chi connectivity index (χ0) is 40.7. The van der Waals surface area contributed by atoms with E-state index in [1.165, 1.54) is 154 Å². The lowest BCUT2D eigenvalue weighted by molar-refractivity contribution is -0.149. The molecule has 0 aromatic carbocycles. The molecule has 332 valence electrons. The van der Waals surface area contributed by atoms with E-state index in [4.69, 9.17) is 9.47 Å². The molecule has 56 heavy (non-hydrogen) atoms. The topological polar surface area (TPSA) is 59.0 Å². The highest BCUT2D eigenvalue weighted by atomic mass is 16.5. The minimum Gasteiger partial charge on any atom is -0.498 e. The maximum Gasteiger partial charge on any atom is 0.308 e. The molecule has 0 bridgehead atoms. The minimum atomic E-state index is -0.180. The predicted octanol–water partition coefficient (Wildman–Crippen LogP) is 15.5. The fourth-order valence-corrected chi connectivity index (χ4v) is 8.94. The number of aliphatic hydroxyl groups is 1. The van der Waals surface area contributed by atoms with Crippen LogP contribution in [0.2, 0.25) is 0 Å². The summed E-state index contributed by atoms with van der Waals surface area (Å²) in [7, 11) is 0. The predicted molar refractivity (Wildman–Crippen MR) is 243 cm³/mol. The van der Waals surface area contributed by atoms with Crippen LogP contribution < -0.4 is 0 Å². The van der Waals surface area contributed by atoms with Crippen molar-refractivity contribution in [2.75, 3.05) is 26.3 Å². The molecule has 5 heteroatoms. The van der Waals surface area contributed by atoms with E-state index in [9.17, 15) is 9.90 Å². The van der Waals surface area contributed by atoms with Crippen molar-refractivity contribution in [3.63, 3.8) is 0 Å². The maximum absolute atomic E-state index is 13.1. The van der Waals surface area contributed by atoms with E-state index < -0.39 is 0 Å². The number of ether oxygens (including phenoxy) is 2. The molecule has 1 fully saturated rings. The van der Waals surface area contributed by atoms with Crippen LogP contribution in [0, 0.1) is 11.8 Å². The molecule has 1 saturated carbocycles. The Morgan fingerprint density at radius 2 is 0.893 bits per heavy atom. The van der Waals surface area contributed by atoms with Crippen molar-refractivity contribution in [2.45, 2.75) is 271 Å². The SMILES string of the molecule is C=C(OCCCCCCN(CCCCCCOC(=O)C(CCCCCC)CCCCCCCC)C1CCCCC1O)C(CCCCCC)CCCCCCCC. The summed E-state index contributed by atoms with van der Waals surface area (Å²) in [6, 6.07) is 0.318. The van der Waals surface area contributed by atoms with Crippen LogP contribution in [0.1, 0.15) is 259 Å². The zero-order valence-corrected chi connectivity index (χ0v) is 38.4. The molecule has 0 spiro atoms. The third-order valence-corrected chi connectivity index (χ3v) is 12.8. The molecular formula is C51H99NO4. The highest BCUT2D eigenvalue weighted by Crippen LogP contribution is 2.27. The number of rotatable bonds is 42. The summed E-state index contributed by atoms with van der Waals surface area (Å²) in [4.78, 5) is 15.7. The van der Waals surface area contributed by atoms with E-state index in [2.05, 4.69) is 39.2 Å². The first kappa shape index (κ1) is 52.9. The highest BCUT2D eigenvalue weighted by Gasteiger charge is 2.28. The Balaban J connectivity index is 2.39. The molecule has 4 atom stereocenters. The van der Waals surface area contributed by atoms with Gasteiger partial charge in [0.25, 0.3) is 0 Å². The summed E-state index contributed by atoms with van der Waals surface area (Å²) in [5, 5.41) is 10.9. The van der Waals surface area contributed by atoms with Crippen molar-refractivity contribution in [3.8, 4) is 0 Å². The van der Waals surface area contributed by atoms with Crippen molar-refractivity contribution in [2.24, 2.45) is 11.8 Å². The van der Waals surface area contributed by atoms with Crippen LogP contribution in [0.5, 0.6) is 0 Å². The van der Waals surface area contributed by atoms with E-state index in [1.54, 1.807) is 0 Å². The van der Waals surface area contributed by atoms with Crippen molar-refractivity contribution in [1.82, 2.24) is 4.90 Å². The number of allylic oxidation sites excluding steroid dienone is 1. The lowest BCUT2D eigenvalue weighted by atomic mass is 9.91. The number of hydrogen-bond acceptors (Lipinski definition) is 5. The number of unbranched alkanes of at least 4 members (excludes halogenated alkanes) is 22. The van der Waals surface area contributed by atoms with E-state index >= 15 is 0 Å². The second-order valence-corrected chi connectivity index (χ2v) is 18.0.